The van der Waals surface area contributed by atoms with Crippen molar-refractivity contribution < 1.29 is 19.4 Å². The molecular formula is C15H27N3O4. The Hall–Kier alpha value is -1.86. The van der Waals surface area contributed by atoms with E-state index in [2.05, 4.69) is 22.8 Å². The fraction of sp³-hybridized carbons (Fsp3) is 0.600. The van der Waals surface area contributed by atoms with Crippen LogP contribution in [0.4, 0.5) is 4.79 Å². The van der Waals surface area contributed by atoms with Gasteiger partial charge in [0.15, 0.2) is 0 Å². The van der Waals surface area contributed by atoms with Gasteiger partial charge in [-0.1, -0.05) is 13.2 Å². The SMILES string of the molecule is C=C(C)C(=O)OCCO.C=CN1CCN(CCN(C)C)C1=O. The first-order valence-corrected chi connectivity index (χ1v) is 7.09. The molecule has 0 aromatic rings. The molecule has 0 spiro atoms. The number of aliphatic hydroxyl groups excluding tert-OH is 1. The molecule has 0 aromatic heterocycles. The van der Waals surface area contributed by atoms with Crippen LogP contribution in [0.3, 0.4) is 0 Å². The lowest BCUT2D eigenvalue weighted by Crippen LogP contribution is -2.34. The molecule has 1 saturated heterocycles. The number of nitrogens with zero attached hydrogens (tertiary/aromatic N) is 3. The second-order valence-electron chi connectivity index (χ2n) is 5.09. The molecule has 1 aliphatic heterocycles. The van der Waals surface area contributed by atoms with Gasteiger partial charge in [0.05, 0.1) is 6.61 Å². The van der Waals surface area contributed by atoms with Crippen molar-refractivity contribution in [3.8, 4) is 0 Å². The summed E-state index contributed by atoms with van der Waals surface area (Å²) in [6, 6.07) is 0.0804. The van der Waals surface area contributed by atoms with Gasteiger partial charge < -0.3 is 19.6 Å². The van der Waals surface area contributed by atoms with Crippen molar-refractivity contribution in [2.24, 2.45) is 0 Å². The topological polar surface area (TPSA) is 73.3 Å². The number of hydrogen-bond donors (Lipinski definition) is 1. The maximum absolute atomic E-state index is 11.5. The number of likely N-dealkylation sites (N-methyl/N-ethyl adjacent to an activating group) is 1. The van der Waals surface area contributed by atoms with Crippen LogP contribution in [0.1, 0.15) is 6.92 Å². The molecule has 1 rings (SSSR count). The zero-order chi connectivity index (χ0) is 17.1. The summed E-state index contributed by atoms with van der Waals surface area (Å²) in [5.41, 5.74) is 0.350. The number of aliphatic hydroxyl groups is 1. The van der Waals surface area contributed by atoms with E-state index in [0.29, 0.717) is 5.57 Å². The van der Waals surface area contributed by atoms with E-state index in [1.165, 1.54) is 0 Å². The molecule has 7 heteroatoms. The van der Waals surface area contributed by atoms with E-state index in [0.717, 1.165) is 26.2 Å². The van der Waals surface area contributed by atoms with Crippen molar-refractivity contribution in [1.29, 1.82) is 0 Å². The third-order valence-electron chi connectivity index (χ3n) is 2.84. The van der Waals surface area contributed by atoms with Gasteiger partial charge in [-0.25, -0.2) is 9.59 Å². The molecule has 1 aliphatic rings. The molecule has 2 amide bonds. The van der Waals surface area contributed by atoms with Crippen LogP contribution in [0.15, 0.2) is 24.9 Å². The molecule has 0 aliphatic carbocycles. The Balaban J connectivity index is 0.000000433. The fourth-order valence-corrected chi connectivity index (χ4v) is 1.56. The highest BCUT2D eigenvalue weighted by molar-refractivity contribution is 5.86. The maximum atomic E-state index is 11.5. The Morgan fingerprint density at radius 1 is 1.45 bits per heavy atom. The van der Waals surface area contributed by atoms with Gasteiger partial charge in [0.2, 0.25) is 0 Å². The molecule has 0 unspecified atom stereocenters. The average Bonchev–Trinajstić information content (AvgIpc) is 2.83. The molecule has 0 bridgehead atoms. The summed E-state index contributed by atoms with van der Waals surface area (Å²) in [6.45, 7) is 11.7. The lowest BCUT2D eigenvalue weighted by Gasteiger charge is -2.18. The van der Waals surface area contributed by atoms with Gasteiger partial charge in [0.1, 0.15) is 6.61 Å². The van der Waals surface area contributed by atoms with Crippen LogP contribution >= 0.6 is 0 Å². The van der Waals surface area contributed by atoms with Crippen LogP contribution in [-0.4, -0.2) is 85.3 Å². The Morgan fingerprint density at radius 3 is 2.50 bits per heavy atom. The summed E-state index contributed by atoms with van der Waals surface area (Å²) < 4.78 is 4.46. The highest BCUT2D eigenvalue weighted by Gasteiger charge is 2.25. The predicted octanol–water partition coefficient (Wildman–Crippen LogP) is 0.527. The molecule has 0 saturated carbocycles. The van der Waals surface area contributed by atoms with Gasteiger partial charge in [0.25, 0.3) is 0 Å². The number of carbonyl (C=O) groups is 2. The van der Waals surface area contributed by atoms with E-state index >= 15 is 0 Å². The third kappa shape index (κ3) is 7.80. The average molecular weight is 313 g/mol. The molecule has 126 valence electrons. The first kappa shape index (κ1) is 20.1. The second kappa shape index (κ2) is 10.8. The Kier molecular flexibility index (Phi) is 9.89. The van der Waals surface area contributed by atoms with E-state index in [9.17, 15) is 9.59 Å². The lowest BCUT2D eigenvalue weighted by atomic mass is 10.4. The summed E-state index contributed by atoms with van der Waals surface area (Å²) in [6.07, 6.45) is 1.60. The van der Waals surface area contributed by atoms with Crippen LogP contribution in [0, 0.1) is 0 Å². The number of urea groups is 1. The molecule has 0 atom stereocenters. The maximum Gasteiger partial charge on any atom is 0.333 e. The Morgan fingerprint density at radius 2 is 2.09 bits per heavy atom. The molecule has 1 fully saturated rings. The molecule has 1 N–H and O–H groups in total. The monoisotopic (exact) mass is 313 g/mol. The summed E-state index contributed by atoms with van der Waals surface area (Å²) >= 11 is 0. The fourth-order valence-electron chi connectivity index (χ4n) is 1.56. The van der Waals surface area contributed by atoms with Crippen molar-refractivity contribution in [2.75, 3.05) is 53.5 Å². The molecule has 1 heterocycles. The van der Waals surface area contributed by atoms with Crippen LogP contribution in [-0.2, 0) is 9.53 Å². The summed E-state index contributed by atoms with van der Waals surface area (Å²) in [5, 5.41) is 8.19. The number of ether oxygens (including phenoxy) is 1. The van der Waals surface area contributed by atoms with E-state index < -0.39 is 5.97 Å². The molecule has 0 radical (unpaired) electrons. The van der Waals surface area contributed by atoms with Crippen LogP contribution in [0.5, 0.6) is 0 Å². The van der Waals surface area contributed by atoms with Gasteiger partial charge in [-0.3, -0.25) is 4.90 Å². The van der Waals surface area contributed by atoms with Crippen molar-refractivity contribution in [3.63, 3.8) is 0 Å². The number of hydrogen-bond acceptors (Lipinski definition) is 5. The van der Waals surface area contributed by atoms with Crippen molar-refractivity contribution in [2.45, 2.75) is 6.92 Å². The molecule has 0 aromatic carbocycles. The van der Waals surface area contributed by atoms with Gasteiger partial charge in [0, 0.05) is 38.0 Å². The second-order valence-corrected chi connectivity index (χ2v) is 5.09. The third-order valence-corrected chi connectivity index (χ3v) is 2.84. The number of rotatable bonds is 7. The lowest BCUT2D eigenvalue weighted by molar-refractivity contribution is -0.139. The minimum absolute atomic E-state index is 0.0473. The number of carbonyl (C=O) groups excluding carboxylic acids is 2. The zero-order valence-electron chi connectivity index (χ0n) is 13.7. The van der Waals surface area contributed by atoms with Crippen molar-refractivity contribution >= 4 is 12.0 Å². The van der Waals surface area contributed by atoms with Crippen LogP contribution in [0.2, 0.25) is 0 Å². The molecule has 22 heavy (non-hydrogen) atoms. The van der Waals surface area contributed by atoms with Gasteiger partial charge in [-0.2, -0.15) is 0 Å². The highest BCUT2D eigenvalue weighted by atomic mass is 16.5. The quantitative estimate of drug-likeness (QED) is 0.548. The van der Waals surface area contributed by atoms with Gasteiger partial charge in [-0.05, 0) is 21.0 Å². The van der Waals surface area contributed by atoms with E-state index in [1.54, 1.807) is 18.0 Å². The van der Waals surface area contributed by atoms with Gasteiger partial charge in [-0.15, -0.1) is 0 Å². The zero-order valence-corrected chi connectivity index (χ0v) is 13.7. The van der Waals surface area contributed by atoms with E-state index in [1.807, 2.05) is 19.0 Å². The molecule has 7 nitrogen and oxygen atoms in total. The molecular weight excluding hydrogens is 286 g/mol. The van der Waals surface area contributed by atoms with Crippen LogP contribution < -0.4 is 0 Å². The minimum atomic E-state index is -0.455. The summed E-state index contributed by atoms with van der Waals surface area (Å²) in [5.74, 6) is -0.455. The first-order chi connectivity index (χ1) is 10.3. The van der Waals surface area contributed by atoms with Crippen molar-refractivity contribution in [1.82, 2.24) is 14.7 Å². The minimum Gasteiger partial charge on any atom is -0.460 e. The van der Waals surface area contributed by atoms with Crippen LogP contribution in [0.25, 0.3) is 0 Å². The number of amides is 2. The van der Waals surface area contributed by atoms with E-state index in [4.69, 9.17) is 5.11 Å². The smallest absolute Gasteiger partial charge is 0.333 e. The number of esters is 1. The highest BCUT2D eigenvalue weighted by Crippen LogP contribution is 2.07. The standard InChI is InChI=1S/C9H17N3O.C6H10O3/c1-4-11-7-8-12(9(11)13)6-5-10(2)3;1-5(2)6(8)9-4-3-7/h4H,1,5-8H2,2-3H3;7H,1,3-4H2,2H3. The Labute approximate surface area is 132 Å². The van der Waals surface area contributed by atoms with E-state index in [-0.39, 0.29) is 19.2 Å². The first-order valence-electron chi connectivity index (χ1n) is 7.09. The summed E-state index contributed by atoms with van der Waals surface area (Å²) in [4.78, 5) is 27.6. The largest absolute Gasteiger partial charge is 0.460 e. The Bertz CT molecular complexity index is 396. The summed E-state index contributed by atoms with van der Waals surface area (Å²) in [7, 11) is 4.01. The van der Waals surface area contributed by atoms with Crippen molar-refractivity contribution in [3.05, 3.63) is 24.9 Å². The predicted molar refractivity (Wildman–Crippen MR) is 85.3 cm³/mol. The normalized spacial score (nSPS) is 13.8. The van der Waals surface area contributed by atoms with Gasteiger partial charge >= 0.3 is 12.0 Å².